The van der Waals surface area contributed by atoms with Crippen LogP contribution in [0.1, 0.15) is 31.0 Å². The average Bonchev–Trinajstić information content (AvgIpc) is 2.63. The fourth-order valence-corrected chi connectivity index (χ4v) is 2.86. The molecule has 5 heteroatoms. The number of anilines is 1. The van der Waals surface area contributed by atoms with Crippen molar-refractivity contribution in [3.8, 4) is 0 Å². The maximum atomic E-state index is 9.62. The first-order chi connectivity index (χ1) is 8.54. The smallest absolute Gasteiger partial charge is 0.132 e. The number of rotatable bonds is 3. The molecule has 2 heterocycles. The lowest BCUT2D eigenvalue weighted by atomic mass is 9.92. The van der Waals surface area contributed by atoms with Crippen LogP contribution in [-0.4, -0.2) is 39.2 Å². The van der Waals surface area contributed by atoms with Gasteiger partial charge in [0.25, 0.3) is 0 Å². The standard InChI is InChI=1S/C13H23N3O2/c1-9-12(8-17)13(15(3)14-9)16-6-4-11(5-7-16)10(2)18/h10-11,17-18H,4-8H2,1-3H3. The Morgan fingerprint density at radius 2 is 2.00 bits per heavy atom. The van der Waals surface area contributed by atoms with E-state index in [1.165, 1.54) is 0 Å². The number of aliphatic hydroxyl groups excluding tert-OH is 2. The van der Waals surface area contributed by atoms with Gasteiger partial charge in [0, 0.05) is 25.7 Å². The van der Waals surface area contributed by atoms with E-state index in [-0.39, 0.29) is 12.7 Å². The van der Waals surface area contributed by atoms with E-state index in [0.717, 1.165) is 43.0 Å². The summed E-state index contributed by atoms with van der Waals surface area (Å²) in [5.41, 5.74) is 1.82. The topological polar surface area (TPSA) is 61.5 Å². The molecule has 0 spiro atoms. The molecular formula is C13H23N3O2. The van der Waals surface area contributed by atoms with Crippen molar-refractivity contribution in [3.63, 3.8) is 0 Å². The van der Waals surface area contributed by atoms with Gasteiger partial charge in [-0.2, -0.15) is 5.10 Å². The Hall–Kier alpha value is -1.07. The maximum Gasteiger partial charge on any atom is 0.132 e. The molecule has 0 bridgehead atoms. The van der Waals surface area contributed by atoms with Crippen LogP contribution in [0.5, 0.6) is 0 Å². The third-order valence-electron chi connectivity index (χ3n) is 3.99. The van der Waals surface area contributed by atoms with E-state index in [0.29, 0.717) is 5.92 Å². The minimum atomic E-state index is -0.224. The van der Waals surface area contributed by atoms with Crippen molar-refractivity contribution in [2.45, 2.75) is 39.4 Å². The summed E-state index contributed by atoms with van der Waals surface area (Å²) in [4.78, 5) is 2.27. The summed E-state index contributed by atoms with van der Waals surface area (Å²) in [6, 6.07) is 0. The fourth-order valence-electron chi connectivity index (χ4n) is 2.86. The molecule has 0 aromatic carbocycles. The SMILES string of the molecule is Cc1nn(C)c(N2CCC(C(C)O)CC2)c1CO. The molecule has 2 rings (SSSR count). The van der Waals surface area contributed by atoms with E-state index in [2.05, 4.69) is 10.00 Å². The number of aryl methyl sites for hydroxylation is 2. The molecule has 1 aliphatic rings. The molecular weight excluding hydrogens is 230 g/mol. The third kappa shape index (κ3) is 2.37. The second kappa shape index (κ2) is 5.28. The summed E-state index contributed by atoms with van der Waals surface area (Å²) in [7, 11) is 1.92. The van der Waals surface area contributed by atoms with Gasteiger partial charge in [-0.25, -0.2) is 0 Å². The van der Waals surface area contributed by atoms with E-state index in [1.54, 1.807) is 0 Å². The van der Waals surface area contributed by atoms with Crippen molar-refractivity contribution < 1.29 is 10.2 Å². The zero-order valence-electron chi connectivity index (χ0n) is 11.4. The molecule has 1 aliphatic heterocycles. The van der Waals surface area contributed by atoms with Crippen LogP contribution in [0.15, 0.2) is 0 Å². The fraction of sp³-hybridized carbons (Fsp3) is 0.769. The molecule has 1 atom stereocenters. The Morgan fingerprint density at radius 3 is 2.50 bits per heavy atom. The molecule has 18 heavy (non-hydrogen) atoms. The largest absolute Gasteiger partial charge is 0.393 e. The molecule has 2 N–H and O–H groups in total. The Morgan fingerprint density at radius 1 is 1.39 bits per heavy atom. The van der Waals surface area contributed by atoms with Crippen molar-refractivity contribution in [2.75, 3.05) is 18.0 Å². The molecule has 0 radical (unpaired) electrons. The van der Waals surface area contributed by atoms with Gasteiger partial charge in [-0.05, 0) is 32.6 Å². The lowest BCUT2D eigenvalue weighted by Crippen LogP contribution is -2.38. The van der Waals surface area contributed by atoms with Crippen LogP contribution in [-0.2, 0) is 13.7 Å². The van der Waals surface area contributed by atoms with E-state index in [4.69, 9.17) is 0 Å². The number of hydrogen-bond donors (Lipinski definition) is 2. The van der Waals surface area contributed by atoms with Crippen LogP contribution in [0.3, 0.4) is 0 Å². The molecule has 1 saturated heterocycles. The minimum Gasteiger partial charge on any atom is -0.393 e. The van der Waals surface area contributed by atoms with Gasteiger partial charge in [-0.3, -0.25) is 4.68 Å². The molecule has 102 valence electrons. The van der Waals surface area contributed by atoms with Crippen molar-refractivity contribution >= 4 is 5.82 Å². The molecule has 5 nitrogen and oxygen atoms in total. The average molecular weight is 253 g/mol. The molecule has 0 amide bonds. The number of aliphatic hydroxyl groups is 2. The zero-order valence-corrected chi connectivity index (χ0v) is 11.4. The van der Waals surface area contributed by atoms with Crippen molar-refractivity contribution in [1.29, 1.82) is 0 Å². The molecule has 1 fully saturated rings. The van der Waals surface area contributed by atoms with E-state index in [9.17, 15) is 10.2 Å². The first-order valence-corrected chi connectivity index (χ1v) is 6.61. The molecule has 1 aromatic heterocycles. The Labute approximate surface area is 108 Å². The molecule has 1 aromatic rings. The highest BCUT2D eigenvalue weighted by molar-refractivity contribution is 5.50. The second-order valence-electron chi connectivity index (χ2n) is 5.23. The normalized spacial score (nSPS) is 19.3. The first kappa shape index (κ1) is 13.4. The summed E-state index contributed by atoms with van der Waals surface area (Å²) in [5.74, 6) is 1.42. The lowest BCUT2D eigenvalue weighted by Gasteiger charge is -2.35. The van der Waals surface area contributed by atoms with E-state index < -0.39 is 0 Å². The van der Waals surface area contributed by atoms with Crippen LogP contribution in [0, 0.1) is 12.8 Å². The predicted molar refractivity (Wildman–Crippen MR) is 70.5 cm³/mol. The van der Waals surface area contributed by atoms with Crippen molar-refractivity contribution in [2.24, 2.45) is 13.0 Å². The van der Waals surface area contributed by atoms with Crippen LogP contribution >= 0.6 is 0 Å². The Balaban J connectivity index is 2.14. The minimum absolute atomic E-state index is 0.0331. The number of nitrogens with zero attached hydrogens (tertiary/aromatic N) is 3. The predicted octanol–water partition coefficient (Wildman–Crippen LogP) is 0.818. The molecule has 0 aliphatic carbocycles. The van der Waals surface area contributed by atoms with Gasteiger partial charge in [0.1, 0.15) is 5.82 Å². The van der Waals surface area contributed by atoms with Crippen molar-refractivity contribution in [1.82, 2.24) is 9.78 Å². The van der Waals surface area contributed by atoms with E-state index >= 15 is 0 Å². The molecule has 1 unspecified atom stereocenters. The summed E-state index contributed by atoms with van der Waals surface area (Å²) < 4.78 is 1.85. The molecule has 0 saturated carbocycles. The van der Waals surface area contributed by atoms with Crippen molar-refractivity contribution in [3.05, 3.63) is 11.3 Å². The Kier molecular flexibility index (Phi) is 3.92. The highest BCUT2D eigenvalue weighted by Gasteiger charge is 2.26. The van der Waals surface area contributed by atoms with Crippen LogP contribution in [0.2, 0.25) is 0 Å². The quantitative estimate of drug-likeness (QED) is 0.837. The van der Waals surface area contributed by atoms with Crippen LogP contribution < -0.4 is 4.90 Å². The second-order valence-corrected chi connectivity index (χ2v) is 5.23. The lowest BCUT2D eigenvalue weighted by molar-refractivity contribution is 0.109. The van der Waals surface area contributed by atoms with Gasteiger partial charge in [0.2, 0.25) is 0 Å². The number of hydrogen-bond acceptors (Lipinski definition) is 4. The highest BCUT2D eigenvalue weighted by atomic mass is 16.3. The summed E-state index contributed by atoms with van der Waals surface area (Å²) in [6.45, 7) is 5.67. The summed E-state index contributed by atoms with van der Waals surface area (Å²) in [5, 5.41) is 23.5. The monoisotopic (exact) mass is 253 g/mol. The first-order valence-electron chi connectivity index (χ1n) is 6.61. The van der Waals surface area contributed by atoms with Gasteiger partial charge < -0.3 is 15.1 Å². The van der Waals surface area contributed by atoms with E-state index in [1.807, 2.05) is 25.6 Å². The third-order valence-corrected chi connectivity index (χ3v) is 3.99. The maximum absolute atomic E-state index is 9.62. The summed E-state index contributed by atoms with van der Waals surface area (Å²) in [6.07, 6.45) is 1.76. The van der Waals surface area contributed by atoms with Gasteiger partial charge >= 0.3 is 0 Å². The zero-order chi connectivity index (χ0) is 13.3. The van der Waals surface area contributed by atoms with Gasteiger partial charge in [0.15, 0.2) is 0 Å². The number of aromatic nitrogens is 2. The van der Waals surface area contributed by atoms with Gasteiger partial charge in [-0.1, -0.05) is 0 Å². The van der Waals surface area contributed by atoms with Gasteiger partial charge in [-0.15, -0.1) is 0 Å². The van der Waals surface area contributed by atoms with Crippen LogP contribution in [0.25, 0.3) is 0 Å². The van der Waals surface area contributed by atoms with Crippen LogP contribution in [0.4, 0.5) is 5.82 Å². The highest BCUT2D eigenvalue weighted by Crippen LogP contribution is 2.29. The van der Waals surface area contributed by atoms with Gasteiger partial charge in [0.05, 0.1) is 18.4 Å². The Bertz CT molecular complexity index is 407. The summed E-state index contributed by atoms with van der Waals surface area (Å²) >= 11 is 0. The number of piperidine rings is 1.